The fourth-order valence-corrected chi connectivity index (χ4v) is 7.73. The second-order valence-corrected chi connectivity index (χ2v) is 17.8. The van der Waals surface area contributed by atoms with Crippen molar-refractivity contribution in [1.82, 2.24) is 30.1 Å². The quantitative estimate of drug-likeness (QED) is 0.0422. The maximum atomic E-state index is 13.4. The number of aromatic nitrogens is 3. The molecule has 1 aliphatic rings. The van der Waals surface area contributed by atoms with Crippen molar-refractivity contribution < 1.29 is 79.8 Å². The molecule has 0 bridgehead atoms. The first-order chi connectivity index (χ1) is 37.5. The fraction of sp³-hybridized carbons (Fsp3) is 0.589. The monoisotopic (exact) mass is 1100 g/mol. The van der Waals surface area contributed by atoms with Crippen molar-refractivity contribution in [2.45, 2.75) is 26.3 Å². The first-order valence-corrected chi connectivity index (χ1v) is 26.8. The number of rotatable bonds is 45. The van der Waals surface area contributed by atoms with Crippen LogP contribution in [0.25, 0.3) is 11.3 Å². The molecule has 0 spiro atoms. The molecule has 0 aliphatic carbocycles. The number of halogens is 1. The fourth-order valence-electron chi connectivity index (χ4n) is 7.73. The van der Waals surface area contributed by atoms with Gasteiger partial charge in [-0.3, -0.25) is 24.4 Å². The van der Waals surface area contributed by atoms with Crippen molar-refractivity contribution in [3.8, 4) is 11.3 Å². The summed E-state index contributed by atoms with van der Waals surface area (Å²) in [6, 6.07) is 19.9. The van der Waals surface area contributed by atoms with Crippen LogP contribution in [0.5, 0.6) is 0 Å². The lowest BCUT2D eigenvalue weighted by molar-refractivity contribution is -0.374. The molecule has 2 aromatic carbocycles. The van der Waals surface area contributed by atoms with E-state index >= 15 is 0 Å². The lowest BCUT2D eigenvalue weighted by Gasteiger charge is -2.34. The average Bonchev–Trinajstić information content (AvgIpc) is 3.44. The van der Waals surface area contributed by atoms with Crippen LogP contribution in [0.4, 0.5) is 0 Å². The van der Waals surface area contributed by atoms with E-state index in [-0.39, 0.29) is 24.1 Å². The van der Waals surface area contributed by atoms with Gasteiger partial charge in [-0.05, 0) is 47.4 Å². The number of ketones is 1. The Morgan fingerprint density at radius 2 is 1.05 bits per heavy atom. The van der Waals surface area contributed by atoms with Gasteiger partial charge in [0.25, 0.3) is 0 Å². The van der Waals surface area contributed by atoms with Crippen molar-refractivity contribution >= 4 is 11.7 Å². The van der Waals surface area contributed by atoms with Crippen LogP contribution in [0.2, 0.25) is 0 Å². The van der Waals surface area contributed by atoms with Crippen LogP contribution in [-0.4, -0.2) is 228 Å². The number of Topliss-reactive ketones (excluding diaryl/α,β-unsaturated/α-hetero) is 1. The molecule has 1 amide bonds. The third-order valence-corrected chi connectivity index (χ3v) is 11.9. The Morgan fingerprint density at radius 1 is 0.571 bits per heavy atom. The highest BCUT2D eigenvalue weighted by Gasteiger charge is 2.19. The Kier molecular flexibility index (Phi) is 35.9. The van der Waals surface area contributed by atoms with Crippen LogP contribution in [0.15, 0.2) is 79.3 Å². The molecular weight excluding hydrogens is 1010 g/mol. The van der Waals surface area contributed by atoms with E-state index in [0.717, 1.165) is 78.6 Å². The summed E-state index contributed by atoms with van der Waals surface area (Å²) in [6.07, 6.45) is 6.21. The normalized spacial score (nSPS) is 13.0. The first-order valence-electron chi connectivity index (χ1n) is 26.8. The van der Waals surface area contributed by atoms with Gasteiger partial charge in [0, 0.05) is 81.8 Å². The number of pyridine rings is 1. The molecule has 0 atom stereocenters. The zero-order valence-electron chi connectivity index (χ0n) is 45.3. The molecule has 0 saturated carbocycles. The third-order valence-electron chi connectivity index (χ3n) is 11.9. The van der Waals surface area contributed by atoms with Gasteiger partial charge < -0.3 is 75.6 Å². The minimum atomic E-state index is -0.00848. The maximum absolute atomic E-state index is 13.4. The van der Waals surface area contributed by atoms with Gasteiger partial charge in [0.2, 0.25) is 5.91 Å². The summed E-state index contributed by atoms with van der Waals surface area (Å²) in [4.78, 5) is 44.0. The van der Waals surface area contributed by atoms with Gasteiger partial charge in [-0.15, -0.1) is 0 Å². The standard InChI is InChI=1S/C56H83N7O13.ClH/c1-47-4-5-49(41-52(47)43-55-59-13-10-53(61-55)51-3-2-12-58-44-51)42-54(64)50-8-6-48(7-9-50)45-62-15-17-63(18-16-62)46-56(65)60-14-20-67-22-24-69-26-28-71-30-32-73-34-36-75-38-40-76-39-37-74-35-33-72-31-29-70-27-25-68-23-21-66-19-11-57;/h2-10,12-13,41,44H,11,14-40,42-43,45-46,57H2,1H3,(H,60,65);1H. The van der Waals surface area contributed by atoms with Crippen molar-refractivity contribution in [2.24, 2.45) is 0 Å². The number of amides is 1. The SMILES string of the molecule is Cc1ccc(CC(=O)c2ccc(CN3CCN(CC(=O)NCCOCCOCCOCCOCCOCCOCCOCCOCCOCCOCCOCC[NH3+])CC3)cc2)cc1Cc1nccc(-c2cccnc2)n1.[Cl-]. The van der Waals surface area contributed by atoms with Crippen LogP contribution >= 0.6 is 0 Å². The molecule has 20 nitrogen and oxygen atoms in total. The molecule has 4 aromatic rings. The number of hydrogen-bond donors (Lipinski definition) is 2. The van der Waals surface area contributed by atoms with Crippen molar-refractivity contribution in [3.05, 3.63) is 113 Å². The minimum absolute atomic E-state index is 0. The lowest BCUT2D eigenvalue weighted by Crippen LogP contribution is -3.00. The predicted octanol–water partition coefficient (Wildman–Crippen LogP) is -0.474. The summed E-state index contributed by atoms with van der Waals surface area (Å²) in [5, 5.41) is 2.95. The van der Waals surface area contributed by atoms with Gasteiger partial charge in [0.1, 0.15) is 5.82 Å². The number of carbonyl (C=O) groups excluding carboxylic acids is 2. The Bertz CT molecular complexity index is 2130. The number of piperazine rings is 1. The van der Waals surface area contributed by atoms with Gasteiger partial charge in [-0.2, -0.15) is 0 Å². The Balaban J connectivity index is 0.0000128. The van der Waals surface area contributed by atoms with Gasteiger partial charge in [-0.1, -0.05) is 42.5 Å². The number of carbonyl (C=O) groups is 2. The molecule has 1 saturated heterocycles. The van der Waals surface area contributed by atoms with E-state index < -0.39 is 0 Å². The highest BCUT2D eigenvalue weighted by atomic mass is 35.5. The average molecular weight is 1100 g/mol. The Labute approximate surface area is 461 Å². The summed E-state index contributed by atoms with van der Waals surface area (Å²) in [5.41, 5.74) is 10.5. The zero-order valence-corrected chi connectivity index (χ0v) is 46.0. The number of nitrogens with zero attached hydrogens (tertiary/aromatic N) is 5. The van der Waals surface area contributed by atoms with E-state index in [1.54, 1.807) is 18.6 Å². The molecule has 3 heterocycles. The molecule has 1 aliphatic heterocycles. The molecule has 0 radical (unpaired) electrons. The van der Waals surface area contributed by atoms with E-state index in [2.05, 4.69) is 49.9 Å². The van der Waals surface area contributed by atoms with Gasteiger partial charge >= 0.3 is 0 Å². The van der Waals surface area contributed by atoms with Gasteiger partial charge in [-0.25, -0.2) is 9.97 Å². The molecule has 428 valence electrons. The largest absolute Gasteiger partial charge is 1.00 e. The molecule has 5 rings (SSSR count). The van der Waals surface area contributed by atoms with E-state index in [1.165, 1.54) is 0 Å². The second kappa shape index (κ2) is 42.5. The second-order valence-electron chi connectivity index (χ2n) is 17.8. The van der Waals surface area contributed by atoms with Crippen LogP contribution in [-0.2, 0) is 76.3 Å². The van der Waals surface area contributed by atoms with Gasteiger partial charge in [0.05, 0.1) is 164 Å². The van der Waals surface area contributed by atoms with E-state index in [9.17, 15) is 9.59 Å². The zero-order chi connectivity index (χ0) is 53.4. The number of benzene rings is 2. The van der Waals surface area contributed by atoms with E-state index in [1.807, 2.05) is 48.5 Å². The molecule has 0 unspecified atom stereocenters. The third kappa shape index (κ3) is 29.9. The summed E-state index contributed by atoms with van der Waals surface area (Å²) in [6.45, 7) is 18.8. The number of nitrogens with one attached hydrogen (secondary N) is 1. The first kappa shape index (κ1) is 65.1. The van der Waals surface area contributed by atoms with Crippen molar-refractivity contribution in [2.75, 3.05) is 191 Å². The maximum Gasteiger partial charge on any atom is 0.234 e. The van der Waals surface area contributed by atoms with Crippen LogP contribution < -0.4 is 23.5 Å². The van der Waals surface area contributed by atoms with E-state index in [0.29, 0.717) is 177 Å². The number of ether oxygens (including phenoxy) is 11. The predicted molar refractivity (Wildman–Crippen MR) is 285 cm³/mol. The van der Waals surface area contributed by atoms with Crippen LogP contribution in [0.1, 0.15) is 38.4 Å². The molecule has 21 heteroatoms. The highest BCUT2D eigenvalue weighted by Crippen LogP contribution is 2.20. The van der Waals surface area contributed by atoms with Crippen LogP contribution in [0, 0.1) is 6.92 Å². The Hall–Kier alpha value is -4.46. The van der Waals surface area contributed by atoms with E-state index in [4.69, 9.17) is 57.1 Å². The molecular formula is C56H84ClN7O13. The number of quaternary nitrogens is 1. The number of hydrogen-bond acceptors (Lipinski definition) is 18. The molecule has 77 heavy (non-hydrogen) atoms. The molecule has 2 aromatic heterocycles. The smallest absolute Gasteiger partial charge is 0.234 e. The Morgan fingerprint density at radius 3 is 1.55 bits per heavy atom. The molecule has 4 N–H and O–H groups in total. The van der Waals surface area contributed by atoms with Gasteiger partial charge in [0.15, 0.2) is 5.78 Å². The highest BCUT2D eigenvalue weighted by molar-refractivity contribution is 5.97. The topological polar surface area (TPSA) is 220 Å². The van der Waals surface area contributed by atoms with Crippen molar-refractivity contribution in [3.63, 3.8) is 0 Å². The van der Waals surface area contributed by atoms with Crippen molar-refractivity contribution in [1.29, 1.82) is 0 Å². The summed E-state index contributed by atoms with van der Waals surface area (Å²) in [7, 11) is 0. The minimum Gasteiger partial charge on any atom is -1.00 e. The number of aryl methyl sites for hydroxylation is 1. The lowest BCUT2D eigenvalue weighted by atomic mass is 9.97. The summed E-state index contributed by atoms with van der Waals surface area (Å²) < 4.78 is 60.4. The summed E-state index contributed by atoms with van der Waals surface area (Å²) >= 11 is 0. The van der Waals surface area contributed by atoms with Crippen LogP contribution in [0.3, 0.4) is 0 Å². The summed E-state index contributed by atoms with van der Waals surface area (Å²) in [5.74, 6) is 0.794. The molecule has 1 fully saturated rings.